The van der Waals surface area contributed by atoms with Gasteiger partial charge in [0.1, 0.15) is 0 Å². The molecule has 0 spiro atoms. The molecule has 0 atom stereocenters. The van der Waals surface area contributed by atoms with Crippen LogP contribution in [0, 0.1) is 16.2 Å². The van der Waals surface area contributed by atoms with Crippen LogP contribution < -0.4 is 0 Å². The molecule has 0 unspecified atom stereocenters. The Hall–Kier alpha value is -0.690. The molecule has 0 rings (SSSR count). The van der Waals surface area contributed by atoms with Crippen LogP contribution in [0.3, 0.4) is 0 Å². The minimum atomic E-state index is -1.11. The number of unbranched alkanes of at least 4 members (excludes halogenated alkanes) is 8. The molecule has 0 aliphatic heterocycles. The summed E-state index contributed by atoms with van der Waals surface area (Å²) >= 11 is 0. The molecule has 0 saturated carbocycles. The molecule has 0 aliphatic carbocycles. The van der Waals surface area contributed by atoms with Crippen molar-refractivity contribution in [1.29, 1.82) is 0 Å². The van der Waals surface area contributed by atoms with Crippen LogP contribution >= 0.6 is 0 Å². The fourth-order valence-corrected chi connectivity index (χ4v) is 5.75. The van der Waals surface area contributed by atoms with Gasteiger partial charge in [-0.05, 0) is 37.5 Å². The Labute approximate surface area is 229 Å². The lowest BCUT2D eigenvalue weighted by Gasteiger charge is -2.50. The number of carboxylic acids is 1. The first-order chi connectivity index (χ1) is 17.7. The highest BCUT2D eigenvalue weighted by atomic mass is 16.4. The fourth-order valence-electron chi connectivity index (χ4n) is 5.75. The van der Waals surface area contributed by atoms with E-state index >= 15 is 0 Å². The maximum absolute atomic E-state index is 13.0. The zero-order valence-corrected chi connectivity index (χ0v) is 25.2. The number of aliphatic carboxylic acids is 1. The number of aliphatic hydroxyl groups excluding tert-OH is 4. The van der Waals surface area contributed by atoms with E-state index in [2.05, 4.69) is 34.6 Å². The van der Waals surface area contributed by atoms with Crippen LogP contribution in [0.1, 0.15) is 150 Å². The predicted octanol–water partition coefficient (Wildman–Crippen LogP) is 7.11. The Morgan fingerprint density at radius 1 is 0.486 bits per heavy atom. The van der Waals surface area contributed by atoms with Crippen molar-refractivity contribution in [1.82, 2.24) is 0 Å². The van der Waals surface area contributed by atoms with E-state index in [0.29, 0.717) is 0 Å². The largest absolute Gasteiger partial charge is 0.481 e. The second-order valence-corrected chi connectivity index (χ2v) is 11.4. The third-order valence-electron chi connectivity index (χ3n) is 8.43. The summed E-state index contributed by atoms with van der Waals surface area (Å²) in [6.07, 6.45) is 20.3. The molecule has 0 heterocycles. The van der Waals surface area contributed by atoms with Gasteiger partial charge in [-0.1, -0.05) is 118 Å². The van der Waals surface area contributed by atoms with E-state index in [1.165, 1.54) is 38.5 Å². The SMILES string of the molecule is CCCCCC(CCC)(CCCCC)C(CCCCC)(CCCCC)C(=O)O.OCC(CO)(CO)CO. The second kappa shape index (κ2) is 23.2. The standard InChI is InChI=1S/C26H52O2.C5H12O4/c1-6-11-15-20-25(19-10-5,21-16-12-7-2)26(24(27)28,22-17-13-8-3)23-18-14-9-4;6-1-5(2-7,3-8)4-9/h6-23H2,1-5H3,(H,27,28);6-9H,1-4H2. The van der Waals surface area contributed by atoms with Crippen molar-refractivity contribution in [3.63, 3.8) is 0 Å². The van der Waals surface area contributed by atoms with Gasteiger partial charge in [-0.25, -0.2) is 0 Å². The van der Waals surface area contributed by atoms with Crippen LogP contribution in [-0.4, -0.2) is 57.9 Å². The first kappa shape index (κ1) is 38.5. The van der Waals surface area contributed by atoms with Crippen molar-refractivity contribution < 1.29 is 30.3 Å². The average molecular weight is 533 g/mol. The molecule has 224 valence electrons. The van der Waals surface area contributed by atoms with Crippen molar-refractivity contribution in [3.8, 4) is 0 Å². The lowest BCUT2D eigenvalue weighted by Crippen LogP contribution is -2.48. The van der Waals surface area contributed by atoms with E-state index in [1.807, 2.05) is 0 Å². The monoisotopic (exact) mass is 532 g/mol. The van der Waals surface area contributed by atoms with Gasteiger partial charge in [0.25, 0.3) is 0 Å². The van der Waals surface area contributed by atoms with Crippen LogP contribution in [0.5, 0.6) is 0 Å². The molecule has 0 bridgehead atoms. The lowest BCUT2D eigenvalue weighted by atomic mass is 9.53. The highest BCUT2D eigenvalue weighted by Crippen LogP contribution is 2.56. The van der Waals surface area contributed by atoms with E-state index < -0.39 is 43.2 Å². The predicted molar refractivity (Wildman–Crippen MR) is 155 cm³/mol. The molecule has 0 aliphatic rings. The first-order valence-corrected chi connectivity index (χ1v) is 15.4. The van der Waals surface area contributed by atoms with Crippen molar-refractivity contribution in [2.45, 2.75) is 150 Å². The molecule has 0 aromatic rings. The number of aliphatic hydroxyl groups is 4. The normalized spacial score (nSPS) is 12.4. The van der Waals surface area contributed by atoms with E-state index in [9.17, 15) is 9.90 Å². The third kappa shape index (κ3) is 13.3. The highest BCUT2D eigenvalue weighted by Gasteiger charge is 2.53. The molecular formula is C31H64O6. The zero-order valence-electron chi connectivity index (χ0n) is 25.2. The van der Waals surface area contributed by atoms with Crippen molar-refractivity contribution in [3.05, 3.63) is 0 Å². The number of carboxylic acid groups (broad SMARTS) is 1. The number of hydrogen-bond donors (Lipinski definition) is 5. The number of hydrogen-bond acceptors (Lipinski definition) is 5. The molecular weight excluding hydrogens is 468 g/mol. The van der Waals surface area contributed by atoms with Gasteiger partial charge in [0.05, 0.1) is 37.3 Å². The Bertz CT molecular complexity index is 480. The summed E-state index contributed by atoms with van der Waals surface area (Å²) in [7, 11) is 0. The number of rotatable bonds is 24. The first-order valence-electron chi connectivity index (χ1n) is 15.4. The smallest absolute Gasteiger partial charge is 0.310 e. The maximum atomic E-state index is 13.0. The molecule has 0 aromatic heterocycles. The van der Waals surface area contributed by atoms with Gasteiger partial charge in [0.15, 0.2) is 0 Å². The van der Waals surface area contributed by atoms with Gasteiger partial charge < -0.3 is 25.5 Å². The molecule has 0 radical (unpaired) electrons. The van der Waals surface area contributed by atoms with Crippen molar-refractivity contribution in [2.24, 2.45) is 16.2 Å². The highest BCUT2D eigenvalue weighted by molar-refractivity contribution is 5.76. The molecule has 0 saturated heterocycles. The van der Waals surface area contributed by atoms with Gasteiger partial charge in [0.2, 0.25) is 0 Å². The molecule has 6 nitrogen and oxygen atoms in total. The van der Waals surface area contributed by atoms with Gasteiger partial charge >= 0.3 is 5.97 Å². The maximum Gasteiger partial charge on any atom is 0.310 e. The Morgan fingerprint density at radius 2 is 0.811 bits per heavy atom. The lowest BCUT2D eigenvalue weighted by molar-refractivity contribution is -0.164. The summed E-state index contributed by atoms with van der Waals surface area (Å²) < 4.78 is 0. The summed E-state index contributed by atoms with van der Waals surface area (Å²) in [5, 5.41) is 44.7. The van der Waals surface area contributed by atoms with Gasteiger partial charge in [0, 0.05) is 0 Å². The van der Waals surface area contributed by atoms with Crippen molar-refractivity contribution >= 4 is 5.97 Å². The minimum Gasteiger partial charge on any atom is -0.481 e. The molecule has 37 heavy (non-hydrogen) atoms. The molecule has 0 amide bonds. The molecule has 5 N–H and O–H groups in total. The number of carbonyl (C=O) groups is 1. The molecule has 6 heteroatoms. The molecule has 0 fully saturated rings. The van der Waals surface area contributed by atoms with Gasteiger partial charge in [-0.3, -0.25) is 4.79 Å². The Kier molecular flexibility index (Phi) is 24.1. The van der Waals surface area contributed by atoms with Crippen LogP contribution in [0.2, 0.25) is 0 Å². The Morgan fingerprint density at radius 3 is 1.03 bits per heavy atom. The van der Waals surface area contributed by atoms with E-state index in [4.69, 9.17) is 20.4 Å². The third-order valence-corrected chi connectivity index (χ3v) is 8.43. The Balaban J connectivity index is 0. The molecule has 0 aromatic carbocycles. The summed E-state index contributed by atoms with van der Waals surface area (Å²) in [5.41, 5.74) is -1.64. The second-order valence-electron chi connectivity index (χ2n) is 11.4. The van der Waals surface area contributed by atoms with E-state index in [-0.39, 0.29) is 5.41 Å². The summed E-state index contributed by atoms with van der Waals surface area (Å²) in [6, 6.07) is 0. The van der Waals surface area contributed by atoms with Crippen LogP contribution in [-0.2, 0) is 4.79 Å². The van der Waals surface area contributed by atoms with Crippen LogP contribution in [0.25, 0.3) is 0 Å². The minimum absolute atomic E-state index is 0.0145. The van der Waals surface area contributed by atoms with E-state index in [0.717, 1.165) is 77.0 Å². The van der Waals surface area contributed by atoms with Crippen molar-refractivity contribution in [2.75, 3.05) is 26.4 Å². The van der Waals surface area contributed by atoms with Gasteiger partial charge in [-0.2, -0.15) is 0 Å². The summed E-state index contributed by atoms with van der Waals surface area (Å²) in [5.74, 6) is -0.485. The fraction of sp³-hybridized carbons (Fsp3) is 0.968. The quantitative estimate of drug-likeness (QED) is 0.0846. The summed E-state index contributed by atoms with van der Waals surface area (Å²) in [6.45, 7) is 9.60. The van der Waals surface area contributed by atoms with E-state index in [1.54, 1.807) is 0 Å². The topological polar surface area (TPSA) is 118 Å². The van der Waals surface area contributed by atoms with Gasteiger partial charge in [-0.15, -0.1) is 0 Å². The average Bonchev–Trinajstić information content (AvgIpc) is 2.90. The van der Waals surface area contributed by atoms with Crippen LogP contribution in [0.4, 0.5) is 0 Å². The zero-order chi connectivity index (χ0) is 28.6. The van der Waals surface area contributed by atoms with Crippen LogP contribution in [0.15, 0.2) is 0 Å². The summed E-state index contributed by atoms with van der Waals surface area (Å²) in [4.78, 5) is 13.0.